The molecule has 1 amide bonds. The highest BCUT2D eigenvalue weighted by Gasteiger charge is 2.28. The maximum atomic E-state index is 12.9. The number of rotatable bonds is 4. The lowest BCUT2D eigenvalue weighted by atomic mass is 9.94. The fourth-order valence-electron chi connectivity index (χ4n) is 3.39. The first-order valence-electron chi connectivity index (χ1n) is 11.0. The Kier molecular flexibility index (Phi) is 9.13. The highest BCUT2D eigenvalue weighted by atomic mass is 16.5. The highest BCUT2D eigenvalue weighted by Crippen LogP contribution is 2.31. The number of esters is 1. The van der Waals surface area contributed by atoms with Gasteiger partial charge >= 0.3 is 5.97 Å². The van der Waals surface area contributed by atoms with Crippen molar-refractivity contribution < 1.29 is 38.6 Å². The number of aromatic hydroxyl groups is 1. The Morgan fingerprint density at radius 1 is 1.12 bits per heavy atom. The molecule has 9 heteroatoms. The molecule has 1 aliphatic rings. The van der Waals surface area contributed by atoms with E-state index in [1.54, 1.807) is 27.0 Å². The van der Waals surface area contributed by atoms with Gasteiger partial charge in [-0.1, -0.05) is 6.92 Å². The summed E-state index contributed by atoms with van der Waals surface area (Å²) in [6, 6.07) is 2.87. The van der Waals surface area contributed by atoms with E-state index in [0.717, 1.165) is 0 Å². The largest absolute Gasteiger partial charge is 0.507 e. The zero-order valence-electron chi connectivity index (χ0n) is 19.5. The van der Waals surface area contributed by atoms with Gasteiger partial charge in [-0.25, -0.2) is 4.79 Å². The van der Waals surface area contributed by atoms with E-state index >= 15 is 0 Å². The van der Waals surface area contributed by atoms with Gasteiger partial charge in [0.15, 0.2) is 0 Å². The molecule has 0 saturated carbocycles. The zero-order chi connectivity index (χ0) is 24.7. The molecule has 0 fully saturated rings. The number of carbonyl (C=O) groups is 5. The summed E-state index contributed by atoms with van der Waals surface area (Å²) in [6.07, 6.45) is -0.161. The number of cyclic esters (lactones) is 1. The van der Waals surface area contributed by atoms with Crippen LogP contribution in [0.15, 0.2) is 12.1 Å². The number of hydrogen-bond donors (Lipinski definition) is 1. The molecule has 0 radical (unpaired) electrons. The van der Waals surface area contributed by atoms with Gasteiger partial charge in [-0.15, -0.1) is 0 Å². The number of ketones is 3. The molecule has 1 aromatic carbocycles. The Labute approximate surface area is 193 Å². The van der Waals surface area contributed by atoms with Crippen molar-refractivity contribution >= 4 is 29.2 Å². The van der Waals surface area contributed by atoms with Crippen LogP contribution >= 0.6 is 0 Å². The molecule has 0 aliphatic carbocycles. The molecular formula is C24H31NO8. The Morgan fingerprint density at radius 3 is 2.45 bits per heavy atom. The number of phenolic OH excluding ortho intramolecular Hbond substituents is 1. The van der Waals surface area contributed by atoms with Gasteiger partial charge in [0.05, 0.1) is 6.54 Å². The summed E-state index contributed by atoms with van der Waals surface area (Å²) in [5.74, 6) is -3.59. The minimum atomic E-state index is -1.00. The third-order valence-electron chi connectivity index (χ3n) is 5.89. The van der Waals surface area contributed by atoms with Gasteiger partial charge in [0.2, 0.25) is 17.5 Å². The van der Waals surface area contributed by atoms with Crippen LogP contribution in [-0.4, -0.2) is 65.5 Å². The summed E-state index contributed by atoms with van der Waals surface area (Å²) < 4.78 is 11.2. The molecule has 1 heterocycles. The van der Waals surface area contributed by atoms with Crippen molar-refractivity contribution in [3.05, 3.63) is 23.3 Å². The van der Waals surface area contributed by atoms with E-state index in [1.807, 2.05) is 0 Å². The molecule has 1 aromatic rings. The van der Waals surface area contributed by atoms with Gasteiger partial charge < -0.3 is 19.5 Å². The Hall–Kier alpha value is -3.23. The topological polar surface area (TPSA) is 127 Å². The molecule has 0 saturated heterocycles. The molecule has 0 spiro atoms. The molecule has 0 unspecified atom stereocenters. The second-order valence-electron chi connectivity index (χ2n) is 8.42. The number of fused-ring (bicyclic) bond motifs is 1. The number of ether oxygens (including phenoxy) is 2. The highest BCUT2D eigenvalue weighted by molar-refractivity contribution is 6.63. The lowest BCUT2D eigenvalue weighted by molar-refractivity contribution is -0.144. The molecule has 2 atom stereocenters. The number of aryl methyl sites for hydroxylation is 1. The van der Waals surface area contributed by atoms with Crippen LogP contribution in [0.25, 0.3) is 0 Å². The molecule has 0 aromatic heterocycles. The average molecular weight is 462 g/mol. The Balaban J connectivity index is 2.31. The normalized spacial score (nSPS) is 20.5. The van der Waals surface area contributed by atoms with Gasteiger partial charge in [0.1, 0.15) is 29.8 Å². The third kappa shape index (κ3) is 7.13. The summed E-state index contributed by atoms with van der Waals surface area (Å²) >= 11 is 0. The number of likely N-dealkylation sites (N-methyl/N-ethyl adjacent to an activating group) is 1. The Bertz CT molecular complexity index is 939. The van der Waals surface area contributed by atoms with Crippen molar-refractivity contribution in [2.45, 2.75) is 59.0 Å². The number of hydrogen-bond acceptors (Lipinski definition) is 8. The van der Waals surface area contributed by atoms with E-state index < -0.39 is 29.4 Å². The summed E-state index contributed by atoms with van der Waals surface area (Å²) in [5, 5.41) is 10.6. The average Bonchev–Trinajstić information content (AvgIpc) is 2.75. The van der Waals surface area contributed by atoms with Gasteiger partial charge in [-0.3, -0.25) is 19.2 Å². The monoisotopic (exact) mass is 461 g/mol. The van der Waals surface area contributed by atoms with Gasteiger partial charge in [0.25, 0.3) is 5.78 Å². The quantitative estimate of drug-likeness (QED) is 0.534. The van der Waals surface area contributed by atoms with Crippen LogP contribution in [0.3, 0.4) is 0 Å². The third-order valence-corrected chi connectivity index (χ3v) is 5.89. The fraction of sp³-hybridized carbons (Fsp3) is 0.542. The molecule has 9 nitrogen and oxygen atoms in total. The summed E-state index contributed by atoms with van der Waals surface area (Å²) in [6.45, 7) is 5.38. The summed E-state index contributed by atoms with van der Waals surface area (Å²) in [5.41, 5.74) is 0.382. The molecule has 2 rings (SSSR count). The van der Waals surface area contributed by atoms with Crippen molar-refractivity contribution in [2.75, 3.05) is 20.2 Å². The number of nitrogens with zero attached hydrogens (tertiary/aromatic N) is 1. The standard InChI is InChI=1S/C24H31NO8/c1-14-8-9-20(28)23(30)19(27)7-5-6-17-12-18(32-11-10-25(4)16(3)26)13-21(29)22(17)24(31)33-15(14)2/h12-15,29H,5-11H2,1-4H3/t14-,15+/m1/s1. The Morgan fingerprint density at radius 2 is 1.79 bits per heavy atom. The molecule has 33 heavy (non-hydrogen) atoms. The fourth-order valence-corrected chi connectivity index (χ4v) is 3.39. The first kappa shape index (κ1) is 26.0. The molecule has 1 N–H and O–H groups in total. The lowest BCUT2D eigenvalue weighted by Crippen LogP contribution is -2.28. The maximum Gasteiger partial charge on any atom is 0.342 e. The van der Waals surface area contributed by atoms with Crippen molar-refractivity contribution in [3.8, 4) is 11.5 Å². The van der Waals surface area contributed by atoms with Crippen LogP contribution in [0.1, 0.15) is 62.4 Å². The summed E-state index contributed by atoms with van der Waals surface area (Å²) in [4.78, 5) is 61.9. The summed E-state index contributed by atoms with van der Waals surface area (Å²) in [7, 11) is 1.63. The van der Waals surface area contributed by atoms with E-state index in [4.69, 9.17) is 9.47 Å². The number of phenols is 1. The lowest BCUT2D eigenvalue weighted by Gasteiger charge is -2.22. The van der Waals surface area contributed by atoms with Crippen LogP contribution < -0.4 is 4.74 Å². The second-order valence-corrected chi connectivity index (χ2v) is 8.42. The second kappa shape index (κ2) is 11.6. The van der Waals surface area contributed by atoms with Crippen molar-refractivity contribution in [2.24, 2.45) is 5.92 Å². The van der Waals surface area contributed by atoms with Gasteiger partial charge in [0, 0.05) is 32.9 Å². The van der Waals surface area contributed by atoms with E-state index in [9.17, 15) is 29.1 Å². The predicted octanol–water partition coefficient (Wildman–Crippen LogP) is 2.25. The van der Waals surface area contributed by atoms with E-state index in [-0.39, 0.29) is 67.6 Å². The SMILES string of the molecule is CC(=O)N(C)CCOc1cc(O)c2c(c1)CCCC(=O)C(=O)C(=O)CC[C@@H](C)[C@H](C)OC2=O. The minimum absolute atomic E-state index is 0.0193. The predicted molar refractivity (Wildman–Crippen MR) is 118 cm³/mol. The number of carbonyl (C=O) groups excluding carboxylic acids is 5. The number of amides is 1. The molecule has 180 valence electrons. The van der Waals surface area contributed by atoms with Crippen LogP contribution in [0.4, 0.5) is 0 Å². The first-order valence-corrected chi connectivity index (χ1v) is 11.0. The first-order chi connectivity index (χ1) is 15.5. The van der Waals surface area contributed by atoms with E-state index in [2.05, 4.69) is 0 Å². The van der Waals surface area contributed by atoms with Crippen LogP contribution in [0.5, 0.6) is 11.5 Å². The molecule has 0 bridgehead atoms. The van der Waals surface area contributed by atoms with E-state index in [0.29, 0.717) is 12.1 Å². The zero-order valence-corrected chi connectivity index (χ0v) is 19.5. The molecule has 1 aliphatic heterocycles. The van der Waals surface area contributed by atoms with E-state index in [1.165, 1.54) is 17.9 Å². The minimum Gasteiger partial charge on any atom is -0.507 e. The van der Waals surface area contributed by atoms with Crippen molar-refractivity contribution in [1.29, 1.82) is 0 Å². The van der Waals surface area contributed by atoms with Crippen molar-refractivity contribution in [1.82, 2.24) is 4.90 Å². The maximum absolute atomic E-state index is 12.9. The number of benzene rings is 1. The van der Waals surface area contributed by atoms with Crippen LogP contribution in [0.2, 0.25) is 0 Å². The van der Waals surface area contributed by atoms with Gasteiger partial charge in [-0.05, 0) is 43.7 Å². The van der Waals surface area contributed by atoms with Crippen LogP contribution in [0, 0.1) is 5.92 Å². The van der Waals surface area contributed by atoms with Crippen molar-refractivity contribution in [3.63, 3.8) is 0 Å². The molecular weight excluding hydrogens is 430 g/mol. The van der Waals surface area contributed by atoms with Gasteiger partial charge in [-0.2, -0.15) is 0 Å². The number of Topliss-reactive ketones (excluding diaryl/α,β-unsaturated/α-hetero) is 3. The smallest absolute Gasteiger partial charge is 0.342 e. The van der Waals surface area contributed by atoms with Crippen LogP contribution in [-0.2, 0) is 30.3 Å².